The first-order chi connectivity index (χ1) is 16.3. The van der Waals surface area contributed by atoms with Crippen LogP contribution >= 0.6 is 23.1 Å². The minimum absolute atomic E-state index is 0.0288. The van der Waals surface area contributed by atoms with Crippen LogP contribution in [-0.2, 0) is 22.9 Å². The highest BCUT2D eigenvalue weighted by Gasteiger charge is 2.37. The average Bonchev–Trinajstić information content (AvgIpc) is 3.21. The van der Waals surface area contributed by atoms with E-state index >= 15 is 0 Å². The number of aromatic nitrogens is 1. The molecule has 0 saturated carbocycles. The van der Waals surface area contributed by atoms with E-state index in [0.29, 0.717) is 23.5 Å². The molecular weight excluding hydrogens is 523 g/mol. The number of anilines is 2. The Labute approximate surface area is 201 Å². The highest BCUT2D eigenvalue weighted by atomic mass is 32.2. The molecule has 0 unspecified atom stereocenters. The molecule has 14 heteroatoms. The number of nitrogens with zero attached hydrogens (tertiary/aromatic N) is 1. The van der Waals surface area contributed by atoms with Crippen LogP contribution in [0, 0.1) is 5.82 Å². The molecule has 1 aromatic heterocycles. The van der Waals surface area contributed by atoms with Crippen LogP contribution in [-0.4, -0.2) is 22.6 Å². The second kappa shape index (κ2) is 10.6. The first-order valence-electron chi connectivity index (χ1n) is 9.49. The van der Waals surface area contributed by atoms with Crippen LogP contribution in [0.2, 0.25) is 0 Å². The number of hydrogen-bond donors (Lipinski definition) is 2. The molecule has 0 fully saturated rings. The maximum Gasteiger partial charge on any atom is 0.416 e. The first kappa shape index (κ1) is 26.5. The minimum Gasteiger partial charge on any atom is -0.325 e. The van der Waals surface area contributed by atoms with Gasteiger partial charge in [0.05, 0.1) is 22.6 Å². The van der Waals surface area contributed by atoms with Crippen LogP contribution in [0.1, 0.15) is 27.2 Å². The molecule has 0 aliphatic heterocycles. The number of alkyl halides is 6. The SMILES string of the molecule is O=C(CSCc1csc(NC(=O)c2cc(C(F)(F)F)cc(C(F)(F)F)c2)n1)Nc1ccc(F)cc1. The van der Waals surface area contributed by atoms with Crippen molar-refractivity contribution >= 4 is 45.7 Å². The number of thiazole rings is 1. The van der Waals surface area contributed by atoms with Gasteiger partial charge in [0.15, 0.2) is 5.13 Å². The van der Waals surface area contributed by atoms with E-state index in [4.69, 9.17) is 0 Å². The van der Waals surface area contributed by atoms with Crippen molar-refractivity contribution in [3.8, 4) is 0 Å². The lowest BCUT2D eigenvalue weighted by Crippen LogP contribution is -2.17. The average molecular weight is 537 g/mol. The molecule has 0 saturated heterocycles. The van der Waals surface area contributed by atoms with E-state index in [-0.39, 0.29) is 28.6 Å². The molecule has 3 aromatic rings. The normalized spacial score (nSPS) is 11.9. The quantitative estimate of drug-likeness (QED) is 0.340. The van der Waals surface area contributed by atoms with Gasteiger partial charge in [-0.3, -0.25) is 14.9 Å². The number of benzene rings is 2. The fraction of sp³-hybridized carbons (Fsp3) is 0.190. The van der Waals surface area contributed by atoms with Gasteiger partial charge in [-0.05, 0) is 42.5 Å². The third kappa shape index (κ3) is 7.68. The summed E-state index contributed by atoms with van der Waals surface area (Å²) in [6, 6.07) is 5.77. The Morgan fingerprint density at radius 3 is 2.09 bits per heavy atom. The van der Waals surface area contributed by atoms with Crippen molar-refractivity contribution in [2.24, 2.45) is 0 Å². The van der Waals surface area contributed by atoms with Gasteiger partial charge < -0.3 is 5.32 Å². The molecule has 0 spiro atoms. The third-order valence-corrected chi connectivity index (χ3v) is 6.01. The first-order valence-corrected chi connectivity index (χ1v) is 11.5. The number of carbonyl (C=O) groups is 2. The molecule has 0 atom stereocenters. The molecule has 3 rings (SSSR count). The Bertz CT molecular complexity index is 1180. The number of carbonyl (C=O) groups excluding carboxylic acids is 2. The second-order valence-corrected chi connectivity index (χ2v) is 8.78. The van der Waals surface area contributed by atoms with E-state index in [1.165, 1.54) is 41.4 Å². The molecule has 1 heterocycles. The molecule has 186 valence electrons. The van der Waals surface area contributed by atoms with Crippen molar-refractivity contribution in [2.75, 3.05) is 16.4 Å². The summed E-state index contributed by atoms with van der Waals surface area (Å²) < 4.78 is 90.8. The molecule has 0 bridgehead atoms. The lowest BCUT2D eigenvalue weighted by atomic mass is 10.0. The van der Waals surface area contributed by atoms with Crippen LogP contribution in [0.25, 0.3) is 0 Å². The van der Waals surface area contributed by atoms with Gasteiger partial charge in [-0.25, -0.2) is 9.37 Å². The largest absolute Gasteiger partial charge is 0.416 e. The van der Waals surface area contributed by atoms with Gasteiger partial charge in [0.2, 0.25) is 5.91 Å². The number of nitrogens with one attached hydrogen (secondary N) is 2. The summed E-state index contributed by atoms with van der Waals surface area (Å²) in [5.74, 6) is -1.71. The Morgan fingerprint density at radius 2 is 1.51 bits per heavy atom. The summed E-state index contributed by atoms with van der Waals surface area (Å²) in [7, 11) is 0. The van der Waals surface area contributed by atoms with Gasteiger partial charge in [-0.15, -0.1) is 23.1 Å². The fourth-order valence-electron chi connectivity index (χ4n) is 2.66. The molecule has 5 nitrogen and oxygen atoms in total. The summed E-state index contributed by atoms with van der Waals surface area (Å²) in [6.45, 7) is 0. The second-order valence-electron chi connectivity index (χ2n) is 6.94. The molecule has 2 amide bonds. The summed E-state index contributed by atoms with van der Waals surface area (Å²) >= 11 is 2.09. The van der Waals surface area contributed by atoms with Gasteiger partial charge in [0.1, 0.15) is 5.82 Å². The zero-order chi connectivity index (χ0) is 25.8. The molecule has 35 heavy (non-hydrogen) atoms. The van der Waals surface area contributed by atoms with Crippen LogP contribution in [0.5, 0.6) is 0 Å². The van der Waals surface area contributed by atoms with E-state index in [1.54, 1.807) is 0 Å². The summed E-state index contributed by atoms with van der Waals surface area (Å²) in [5, 5.41) is 6.25. The van der Waals surface area contributed by atoms with Crippen molar-refractivity contribution in [2.45, 2.75) is 18.1 Å². The van der Waals surface area contributed by atoms with E-state index in [1.807, 2.05) is 0 Å². The smallest absolute Gasteiger partial charge is 0.325 e. The van der Waals surface area contributed by atoms with Gasteiger partial charge in [0.25, 0.3) is 5.91 Å². The van der Waals surface area contributed by atoms with Gasteiger partial charge in [-0.2, -0.15) is 26.3 Å². The number of rotatable bonds is 7. The zero-order valence-corrected chi connectivity index (χ0v) is 18.9. The van der Waals surface area contributed by atoms with E-state index in [2.05, 4.69) is 15.6 Å². The van der Waals surface area contributed by atoms with Gasteiger partial charge in [0, 0.05) is 22.4 Å². The summed E-state index contributed by atoms with van der Waals surface area (Å²) in [5.41, 5.74) is -3.18. The Morgan fingerprint density at radius 1 is 0.914 bits per heavy atom. The monoisotopic (exact) mass is 537 g/mol. The number of hydrogen-bond acceptors (Lipinski definition) is 5. The lowest BCUT2D eigenvalue weighted by Gasteiger charge is -2.13. The number of thioether (sulfide) groups is 1. The Balaban J connectivity index is 1.59. The van der Waals surface area contributed by atoms with E-state index in [9.17, 15) is 40.3 Å². The fourth-order valence-corrected chi connectivity index (χ4v) is 4.19. The van der Waals surface area contributed by atoms with E-state index in [0.717, 1.165) is 11.3 Å². The van der Waals surface area contributed by atoms with Crippen LogP contribution in [0.15, 0.2) is 47.8 Å². The Hall–Kier alpha value is -3.13. The van der Waals surface area contributed by atoms with Crippen molar-refractivity contribution < 1.29 is 40.3 Å². The van der Waals surface area contributed by atoms with E-state index < -0.39 is 40.8 Å². The van der Waals surface area contributed by atoms with Crippen molar-refractivity contribution in [1.82, 2.24) is 4.98 Å². The van der Waals surface area contributed by atoms with Crippen molar-refractivity contribution in [1.29, 1.82) is 0 Å². The molecule has 0 radical (unpaired) electrons. The van der Waals surface area contributed by atoms with Crippen molar-refractivity contribution in [3.63, 3.8) is 0 Å². The molecule has 0 aliphatic rings. The van der Waals surface area contributed by atoms with Gasteiger partial charge >= 0.3 is 12.4 Å². The number of halogens is 7. The molecule has 2 aromatic carbocycles. The highest BCUT2D eigenvalue weighted by Crippen LogP contribution is 2.36. The van der Waals surface area contributed by atoms with Gasteiger partial charge in [-0.1, -0.05) is 0 Å². The standard InChI is InChI=1S/C21H14F7N3O2S2/c22-14-1-3-15(4-2-14)29-17(32)10-34-8-16-9-35-19(30-16)31-18(33)11-5-12(20(23,24)25)7-13(6-11)21(26,27)28/h1-7,9H,8,10H2,(H,29,32)(H,30,31,33). The molecular formula is C21H14F7N3O2S2. The van der Waals surface area contributed by atoms with Crippen molar-refractivity contribution in [3.05, 3.63) is 76.0 Å². The topological polar surface area (TPSA) is 71.1 Å². The zero-order valence-electron chi connectivity index (χ0n) is 17.3. The maximum atomic E-state index is 13.0. The highest BCUT2D eigenvalue weighted by molar-refractivity contribution is 7.99. The van der Waals surface area contributed by atoms with Crippen LogP contribution < -0.4 is 10.6 Å². The van der Waals surface area contributed by atoms with Crippen LogP contribution in [0.3, 0.4) is 0 Å². The number of amides is 2. The summed E-state index contributed by atoms with van der Waals surface area (Å²) in [6.07, 6.45) is -10.2. The maximum absolute atomic E-state index is 13.0. The molecule has 2 N–H and O–H groups in total. The predicted molar refractivity (Wildman–Crippen MR) is 118 cm³/mol. The molecule has 0 aliphatic carbocycles. The third-order valence-electron chi connectivity index (χ3n) is 4.23. The lowest BCUT2D eigenvalue weighted by molar-refractivity contribution is -0.143. The minimum atomic E-state index is -5.08. The predicted octanol–water partition coefficient (Wildman–Crippen LogP) is 6.44. The Kier molecular flexibility index (Phi) is 8.05. The van der Waals surface area contributed by atoms with Crippen LogP contribution in [0.4, 0.5) is 41.6 Å². The summed E-state index contributed by atoms with van der Waals surface area (Å²) in [4.78, 5) is 28.3.